The minimum Gasteiger partial charge on any atom is -1.00 e. The van der Waals surface area contributed by atoms with E-state index in [0.717, 1.165) is 6.54 Å². The molecule has 0 atom stereocenters. The number of fused-ring (bicyclic) bond motifs is 4. The Bertz CT molecular complexity index is 1610. The van der Waals surface area contributed by atoms with Crippen molar-refractivity contribution < 1.29 is 28.5 Å². The summed E-state index contributed by atoms with van der Waals surface area (Å²) < 4.78 is 6.01. The first-order valence-corrected chi connectivity index (χ1v) is 11.7. The number of rotatable bonds is 4. The van der Waals surface area contributed by atoms with Crippen LogP contribution in [0.3, 0.4) is 0 Å². The maximum atomic E-state index is 2.43. The monoisotopic (exact) mass is 558 g/mol. The minimum absolute atomic E-state index is 0. The number of halogens is 1. The quantitative estimate of drug-likeness (QED) is 0.228. The largest absolute Gasteiger partial charge is 1.00 e. The van der Waals surface area contributed by atoms with Crippen LogP contribution in [0.4, 0.5) is 0 Å². The Hall–Kier alpha value is -2.96. The van der Waals surface area contributed by atoms with Gasteiger partial charge in [-0.1, -0.05) is 78.1 Å². The predicted molar refractivity (Wildman–Crippen MR) is 137 cm³/mol. The topological polar surface area (TPSA) is 8.81 Å². The zero-order valence-electron chi connectivity index (χ0n) is 18.3. The number of aryl methyl sites for hydroxylation is 1. The molecule has 0 saturated carbocycles. The van der Waals surface area contributed by atoms with E-state index in [4.69, 9.17) is 0 Å². The molecule has 0 bridgehead atoms. The van der Waals surface area contributed by atoms with Gasteiger partial charge in [0.2, 0.25) is 5.52 Å². The van der Waals surface area contributed by atoms with Crippen LogP contribution < -0.4 is 28.5 Å². The zero-order chi connectivity index (χ0) is 21.5. The Kier molecular flexibility index (Phi) is 6.04. The maximum Gasteiger partial charge on any atom is 0.262 e. The first kappa shape index (κ1) is 21.9. The van der Waals surface area contributed by atoms with Gasteiger partial charge in [-0.25, -0.2) is 0 Å². The van der Waals surface area contributed by atoms with Crippen molar-refractivity contribution in [3.63, 3.8) is 0 Å². The van der Waals surface area contributed by atoms with Crippen molar-refractivity contribution in [3.8, 4) is 0 Å². The number of thiazole rings is 1. The molecule has 0 amide bonds. The maximum absolute atomic E-state index is 2.43. The summed E-state index contributed by atoms with van der Waals surface area (Å²) in [5, 5.41) is 3.86. The molecule has 0 radical (unpaired) electrons. The summed E-state index contributed by atoms with van der Waals surface area (Å²) in [4.78, 5) is 0. The van der Waals surface area contributed by atoms with Gasteiger partial charge in [-0.05, 0) is 41.5 Å². The lowest BCUT2D eigenvalue weighted by Crippen LogP contribution is -3.00. The summed E-state index contributed by atoms with van der Waals surface area (Å²) >= 11 is 1.83. The number of benzene rings is 4. The van der Waals surface area contributed by atoms with E-state index in [1.807, 2.05) is 11.3 Å². The number of hydrogen-bond acceptors (Lipinski definition) is 1. The van der Waals surface area contributed by atoms with E-state index < -0.39 is 0 Å². The molecule has 4 aromatic carbocycles. The number of para-hydroxylation sites is 2. The van der Waals surface area contributed by atoms with Gasteiger partial charge in [0.25, 0.3) is 5.01 Å². The fraction of sp³-hybridized carbons (Fsp3) is 0.0690. The Morgan fingerprint density at radius 1 is 0.758 bits per heavy atom. The predicted octanol–water partition coefficient (Wildman–Crippen LogP) is 4.06. The lowest BCUT2D eigenvalue weighted by molar-refractivity contribution is -0.642. The first-order chi connectivity index (χ1) is 15.8. The summed E-state index contributed by atoms with van der Waals surface area (Å²) in [5.74, 6) is 0. The van der Waals surface area contributed by atoms with Crippen LogP contribution in [0.25, 0.3) is 44.2 Å². The average Bonchev–Trinajstić information content (AvgIpc) is 3.33. The van der Waals surface area contributed by atoms with Gasteiger partial charge < -0.3 is 28.5 Å². The number of aromatic nitrogens is 2. The molecule has 33 heavy (non-hydrogen) atoms. The van der Waals surface area contributed by atoms with E-state index in [-0.39, 0.29) is 24.0 Å². The summed E-state index contributed by atoms with van der Waals surface area (Å²) in [6, 6.07) is 34.8. The summed E-state index contributed by atoms with van der Waals surface area (Å²) in [5.41, 5.74) is 6.37. The molecule has 6 aromatic rings. The van der Waals surface area contributed by atoms with Gasteiger partial charge in [-0.15, -0.1) is 0 Å². The van der Waals surface area contributed by atoms with Crippen molar-refractivity contribution in [1.82, 2.24) is 4.57 Å². The fourth-order valence-corrected chi connectivity index (χ4v) is 5.60. The van der Waals surface area contributed by atoms with E-state index in [1.165, 1.54) is 48.2 Å². The van der Waals surface area contributed by atoms with Crippen LogP contribution in [0.1, 0.15) is 16.1 Å². The molecule has 0 saturated heterocycles. The number of nitrogens with zero attached hydrogens (tertiary/aromatic N) is 2. The second-order valence-corrected chi connectivity index (χ2v) is 9.23. The Morgan fingerprint density at radius 2 is 1.48 bits per heavy atom. The van der Waals surface area contributed by atoms with Crippen LogP contribution in [-0.4, -0.2) is 4.57 Å². The first-order valence-electron chi connectivity index (χ1n) is 10.9. The highest BCUT2D eigenvalue weighted by molar-refractivity contribution is 7.18. The van der Waals surface area contributed by atoms with E-state index in [2.05, 4.69) is 125 Å². The zero-order valence-corrected chi connectivity index (χ0v) is 21.3. The summed E-state index contributed by atoms with van der Waals surface area (Å²) in [6.07, 6.45) is 4.46. The van der Waals surface area contributed by atoms with Crippen LogP contribution >= 0.6 is 11.3 Å². The third-order valence-corrected chi connectivity index (χ3v) is 7.35. The number of hydrogen-bond donors (Lipinski definition) is 0. The van der Waals surface area contributed by atoms with E-state index in [9.17, 15) is 0 Å². The third kappa shape index (κ3) is 3.98. The second-order valence-electron chi connectivity index (χ2n) is 8.17. The molecule has 0 aliphatic heterocycles. The van der Waals surface area contributed by atoms with Gasteiger partial charge in [0.1, 0.15) is 11.7 Å². The van der Waals surface area contributed by atoms with E-state index in [1.54, 1.807) is 0 Å². The standard InChI is InChI=1S/C29H23N2S.HI/c1-30-27-13-7-8-14-28(27)32-29(30)18-16-21-15-17-26-24(19-21)23-11-5-6-12-25(23)31(26)20-22-9-3-2-4-10-22;/h2-19H,20H2,1H3;1H/q+1;/p-1. The van der Waals surface area contributed by atoms with Gasteiger partial charge >= 0.3 is 0 Å². The molecular weight excluding hydrogens is 535 g/mol. The van der Waals surface area contributed by atoms with Gasteiger partial charge in [-0.3, -0.25) is 0 Å². The average molecular weight is 558 g/mol. The highest BCUT2D eigenvalue weighted by atomic mass is 127. The van der Waals surface area contributed by atoms with Gasteiger partial charge in [0, 0.05) is 40.5 Å². The molecule has 162 valence electrons. The van der Waals surface area contributed by atoms with Crippen molar-refractivity contribution in [2.24, 2.45) is 7.05 Å². The van der Waals surface area contributed by atoms with Crippen LogP contribution in [0.15, 0.2) is 97.1 Å². The Labute approximate surface area is 214 Å². The molecule has 0 spiro atoms. The molecule has 0 fully saturated rings. The SMILES string of the molecule is C[n+]1c(/C=C/c2ccc3c(c2)c2ccccc2n3Cc2ccccc2)sc2ccccc21.[I-]. The van der Waals surface area contributed by atoms with E-state index >= 15 is 0 Å². The molecule has 2 nitrogen and oxygen atoms in total. The summed E-state index contributed by atoms with van der Waals surface area (Å²) in [7, 11) is 2.14. The van der Waals surface area contributed by atoms with Crippen LogP contribution in [-0.2, 0) is 13.6 Å². The van der Waals surface area contributed by atoms with Crippen molar-refractivity contribution in [2.75, 3.05) is 0 Å². The lowest BCUT2D eigenvalue weighted by atomic mass is 10.1. The molecular formula is C29H23IN2S. The van der Waals surface area contributed by atoms with Crippen molar-refractivity contribution in [3.05, 3.63) is 113 Å². The smallest absolute Gasteiger partial charge is 0.262 e. The highest BCUT2D eigenvalue weighted by Crippen LogP contribution is 2.31. The molecule has 0 unspecified atom stereocenters. The second kappa shape index (κ2) is 9.12. The van der Waals surface area contributed by atoms with Crippen LogP contribution in [0, 0.1) is 0 Å². The molecule has 2 heterocycles. The molecule has 4 heteroatoms. The molecule has 6 rings (SSSR count). The Balaban J connectivity index is 0.00000228. The molecule has 0 aliphatic carbocycles. The van der Waals surface area contributed by atoms with Crippen molar-refractivity contribution in [2.45, 2.75) is 6.54 Å². The van der Waals surface area contributed by atoms with Crippen LogP contribution in [0.2, 0.25) is 0 Å². The minimum atomic E-state index is 0. The third-order valence-electron chi connectivity index (χ3n) is 6.17. The van der Waals surface area contributed by atoms with Gasteiger partial charge in [-0.2, -0.15) is 4.57 Å². The van der Waals surface area contributed by atoms with Crippen molar-refractivity contribution in [1.29, 1.82) is 0 Å². The highest BCUT2D eigenvalue weighted by Gasteiger charge is 2.14. The van der Waals surface area contributed by atoms with E-state index in [0.29, 0.717) is 0 Å². The fourth-order valence-electron chi connectivity index (χ4n) is 4.55. The molecule has 2 aromatic heterocycles. The van der Waals surface area contributed by atoms with Crippen molar-refractivity contribution >= 4 is 55.5 Å². The van der Waals surface area contributed by atoms with Gasteiger partial charge in [0.15, 0.2) is 0 Å². The lowest BCUT2D eigenvalue weighted by Gasteiger charge is -2.08. The molecule has 0 aliphatic rings. The van der Waals surface area contributed by atoms with Gasteiger partial charge in [0.05, 0.1) is 0 Å². The normalized spacial score (nSPS) is 11.5. The molecule has 0 N–H and O–H groups in total. The van der Waals surface area contributed by atoms with Crippen LogP contribution in [0.5, 0.6) is 0 Å². The Morgan fingerprint density at radius 3 is 2.33 bits per heavy atom. The summed E-state index contributed by atoms with van der Waals surface area (Å²) in [6.45, 7) is 0.873.